The van der Waals surface area contributed by atoms with Gasteiger partial charge in [0.1, 0.15) is 5.82 Å². The fourth-order valence-electron chi connectivity index (χ4n) is 1.41. The third-order valence-electron chi connectivity index (χ3n) is 2.18. The molecule has 1 aromatic carbocycles. The molecule has 4 nitrogen and oxygen atoms in total. The fourth-order valence-corrected chi connectivity index (χ4v) is 1.41. The van der Waals surface area contributed by atoms with Crippen molar-refractivity contribution in [2.24, 2.45) is 0 Å². The van der Waals surface area contributed by atoms with Gasteiger partial charge in [-0.25, -0.2) is 4.39 Å². The van der Waals surface area contributed by atoms with Gasteiger partial charge in [-0.1, -0.05) is 6.07 Å². The zero-order chi connectivity index (χ0) is 13.0. The van der Waals surface area contributed by atoms with Gasteiger partial charge in [0, 0.05) is 18.2 Å². The smallest absolute Gasteiger partial charge is 0.222 e. The Morgan fingerprint density at radius 2 is 2.00 bits per heavy atom. The summed E-state index contributed by atoms with van der Waals surface area (Å²) in [6.45, 7) is 2.39. The molecular formula is C13H13FN2O2. The summed E-state index contributed by atoms with van der Waals surface area (Å²) in [6, 6.07) is 9.09. The summed E-state index contributed by atoms with van der Waals surface area (Å²) in [5, 5.41) is 0. The van der Waals surface area contributed by atoms with Crippen LogP contribution in [0.4, 0.5) is 10.1 Å². The normalized spacial score (nSPS) is 10.1. The molecule has 0 bridgehead atoms. The van der Waals surface area contributed by atoms with E-state index in [2.05, 4.69) is 4.98 Å². The van der Waals surface area contributed by atoms with Gasteiger partial charge in [-0.2, -0.15) is 4.98 Å². The first-order chi connectivity index (χ1) is 8.69. The van der Waals surface area contributed by atoms with Gasteiger partial charge in [-0.05, 0) is 19.1 Å². The van der Waals surface area contributed by atoms with Crippen LogP contribution in [0.25, 0.3) is 0 Å². The Labute approximate surface area is 104 Å². The van der Waals surface area contributed by atoms with Gasteiger partial charge in [0.05, 0.1) is 12.3 Å². The van der Waals surface area contributed by atoms with Crippen molar-refractivity contribution >= 4 is 5.69 Å². The summed E-state index contributed by atoms with van der Waals surface area (Å²) in [4.78, 5) is 4.13. The molecule has 1 aromatic heterocycles. The van der Waals surface area contributed by atoms with Crippen molar-refractivity contribution in [1.82, 2.24) is 4.98 Å². The van der Waals surface area contributed by atoms with Crippen molar-refractivity contribution < 1.29 is 13.9 Å². The maximum absolute atomic E-state index is 12.9. The molecule has 94 valence electrons. The Morgan fingerprint density at radius 1 is 1.22 bits per heavy atom. The summed E-state index contributed by atoms with van der Waals surface area (Å²) in [5.74, 6) is 0.767. The van der Waals surface area contributed by atoms with E-state index in [0.717, 1.165) is 0 Å². The number of ether oxygens (including phenoxy) is 2. The lowest BCUT2D eigenvalue weighted by molar-refractivity contribution is 0.321. The summed E-state index contributed by atoms with van der Waals surface area (Å²) < 4.78 is 23.6. The quantitative estimate of drug-likeness (QED) is 0.845. The molecule has 5 heteroatoms. The number of pyridine rings is 1. The van der Waals surface area contributed by atoms with Crippen LogP contribution in [0.5, 0.6) is 17.5 Å². The van der Waals surface area contributed by atoms with Gasteiger partial charge in [0.25, 0.3) is 0 Å². The number of anilines is 1. The maximum Gasteiger partial charge on any atom is 0.222 e. The zero-order valence-electron chi connectivity index (χ0n) is 9.89. The van der Waals surface area contributed by atoms with Crippen LogP contribution in [0.15, 0.2) is 36.4 Å². The molecule has 0 spiro atoms. The van der Waals surface area contributed by atoms with E-state index in [-0.39, 0.29) is 5.69 Å². The zero-order valence-corrected chi connectivity index (χ0v) is 9.89. The van der Waals surface area contributed by atoms with E-state index in [1.165, 1.54) is 18.2 Å². The second-order valence-corrected chi connectivity index (χ2v) is 3.53. The second-order valence-electron chi connectivity index (χ2n) is 3.53. The lowest BCUT2D eigenvalue weighted by Gasteiger charge is -2.08. The third kappa shape index (κ3) is 2.88. The van der Waals surface area contributed by atoms with Crippen LogP contribution in [0.3, 0.4) is 0 Å². The summed E-state index contributed by atoms with van der Waals surface area (Å²) in [7, 11) is 0. The van der Waals surface area contributed by atoms with Gasteiger partial charge >= 0.3 is 0 Å². The van der Waals surface area contributed by atoms with E-state index in [0.29, 0.717) is 24.1 Å². The van der Waals surface area contributed by atoms with Crippen LogP contribution < -0.4 is 15.2 Å². The number of halogens is 1. The van der Waals surface area contributed by atoms with Gasteiger partial charge in [-0.3, -0.25) is 0 Å². The summed E-state index contributed by atoms with van der Waals surface area (Å²) in [6.07, 6.45) is 0. The number of rotatable bonds is 4. The van der Waals surface area contributed by atoms with Crippen molar-refractivity contribution in [3.63, 3.8) is 0 Å². The van der Waals surface area contributed by atoms with Gasteiger partial charge in [0.2, 0.25) is 11.8 Å². The van der Waals surface area contributed by atoms with E-state index in [4.69, 9.17) is 15.2 Å². The minimum absolute atomic E-state index is 0.221. The number of nitrogen functional groups attached to an aromatic ring is 1. The van der Waals surface area contributed by atoms with Crippen molar-refractivity contribution in [2.45, 2.75) is 6.92 Å². The Hall–Kier alpha value is -2.30. The van der Waals surface area contributed by atoms with E-state index in [1.807, 2.05) is 6.92 Å². The minimum atomic E-state index is -0.407. The van der Waals surface area contributed by atoms with Gasteiger partial charge < -0.3 is 15.2 Å². The van der Waals surface area contributed by atoms with Crippen molar-refractivity contribution in [2.75, 3.05) is 12.3 Å². The van der Waals surface area contributed by atoms with Crippen molar-refractivity contribution in [1.29, 1.82) is 0 Å². The molecule has 2 aromatic rings. The highest BCUT2D eigenvalue weighted by molar-refractivity contribution is 5.53. The second kappa shape index (κ2) is 5.35. The molecule has 0 saturated carbocycles. The van der Waals surface area contributed by atoms with Gasteiger partial charge in [-0.15, -0.1) is 0 Å². The molecule has 0 atom stereocenters. The van der Waals surface area contributed by atoms with Crippen molar-refractivity contribution in [3.05, 3.63) is 42.2 Å². The van der Waals surface area contributed by atoms with Crippen LogP contribution >= 0.6 is 0 Å². The SMILES string of the molecule is CCOc1cccc(Oc2ccc(F)cc2N)n1. The highest BCUT2D eigenvalue weighted by atomic mass is 19.1. The van der Waals surface area contributed by atoms with Crippen LogP contribution in [-0.2, 0) is 0 Å². The molecule has 0 radical (unpaired) electrons. The molecule has 0 fully saturated rings. The van der Waals surface area contributed by atoms with E-state index in [9.17, 15) is 4.39 Å². The first-order valence-corrected chi connectivity index (χ1v) is 5.52. The number of nitrogens with zero attached hydrogens (tertiary/aromatic N) is 1. The van der Waals surface area contributed by atoms with Crippen LogP contribution in [-0.4, -0.2) is 11.6 Å². The topological polar surface area (TPSA) is 57.4 Å². The number of hydrogen-bond acceptors (Lipinski definition) is 4. The molecule has 2 N–H and O–H groups in total. The Kier molecular flexibility index (Phi) is 3.62. The predicted octanol–water partition coefficient (Wildman–Crippen LogP) is 2.99. The molecule has 1 heterocycles. The predicted molar refractivity (Wildman–Crippen MR) is 66.3 cm³/mol. The minimum Gasteiger partial charge on any atom is -0.478 e. The molecule has 0 unspecified atom stereocenters. The van der Waals surface area contributed by atoms with Gasteiger partial charge in [0.15, 0.2) is 5.75 Å². The number of nitrogens with two attached hydrogens (primary N) is 1. The first-order valence-electron chi connectivity index (χ1n) is 5.52. The summed E-state index contributed by atoms with van der Waals surface area (Å²) >= 11 is 0. The van der Waals surface area contributed by atoms with Crippen LogP contribution in [0, 0.1) is 5.82 Å². The van der Waals surface area contributed by atoms with Crippen LogP contribution in [0.1, 0.15) is 6.92 Å². The molecule has 0 saturated heterocycles. The van der Waals surface area contributed by atoms with Crippen molar-refractivity contribution in [3.8, 4) is 17.5 Å². The first kappa shape index (κ1) is 12.2. The molecular weight excluding hydrogens is 235 g/mol. The molecule has 2 rings (SSSR count). The average Bonchev–Trinajstić information content (AvgIpc) is 2.34. The molecule has 0 aliphatic carbocycles. The number of hydrogen-bond donors (Lipinski definition) is 1. The monoisotopic (exact) mass is 248 g/mol. The standard InChI is InChI=1S/C13H13FN2O2/c1-2-17-12-4-3-5-13(16-12)18-11-7-6-9(14)8-10(11)15/h3-8H,2,15H2,1H3. The lowest BCUT2D eigenvalue weighted by Crippen LogP contribution is -1.97. The molecule has 0 amide bonds. The van der Waals surface area contributed by atoms with Crippen LogP contribution in [0.2, 0.25) is 0 Å². The highest BCUT2D eigenvalue weighted by Crippen LogP contribution is 2.27. The Balaban J connectivity index is 2.20. The maximum atomic E-state index is 12.9. The average molecular weight is 248 g/mol. The number of benzene rings is 1. The number of aromatic nitrogens is 1. The summed E-state index contributed by atoms with van der Waals surface area (Å²) in [5.41, 5.74) is 5.86. The molecule has 0 aliphatic heterocycles. The molecule has 18 heavy (non-hydrogen) atoms. The van der Waals surface area contributed by atoms with E-state index in [1.54, 1.807) is 18.2 Å². The largest absolute Gasteiger partial charge is 0.478 e. The van der Waals surface area contributed by atoms with E-state index >= 15 is 0 Å². The Morgan fingerprint density at radius 3 is 2.72 bits per heavy atom. The Bertz CT molecular complexity index is 546. The molecule has 0 aliphatic rings. The van der Waals surface area contributed by atoms with E-state index < -0.39 is 5.82 Å². The highest BCUT2D eigenvalue weighted by Gasteiger charge is 2.05. The third-order valence-corrected chi connectivity index (χ3v) is 2.18. The fraction of sp³-hybridized carbons (Fsp3) is 0.154. The lowest BCUT2D eigenvalue weighted by atomic mass is 10.3.